The van der Waals surface area contributed by atoms with Crippen LogP contribution in [0.25, 0.3) is 0 Å². The van der Waals surface area contributed by atoms with E-state index in [-0.39, 0.29) is 5.91 Å². The first kappa shape index (κ1) is 11.7. The van der Waals surface area contributed by atoms with Crippen molar-refractivity contribution in [3.63, 3.8) is 0 Å². The number of hydrogen-bond acceptors (Lipinski definition) is 2. The van der Waals surface area contributed by atoms with Gasteiger partial charge >= 0.3 is 0 Å². The number of nitrogens with one attached hydrogen (secondary N) is 1. The highest BCUT2D eigenvalue weighted by Crippen LogP contribution is 2.32. The largest absolute Gasteiger partial charge is 0.354 e. The summed E-state index contributed by atoms with van der Waals surface area (Å²) in [5.74, 6) is 0.0173. The van der Waals surface area contributed by atoms with Gasteiger partial charge in [-0.1, -0.05) is 18.2 Å². The normalized spacial score (nSPS) is 19.4. The van der Waals surface area contributed by atoms with Crippen LogP contribution in [-0.2, 0) is 24.1 Å². The SMILES string of the molecule is NC1(C(=O)NCCc2ccc3c(c2)CCC3)CC1. The lowest BCUT2D eigenvalue weighted by Crippen LogP contribution is -2.43. The van der Waals surface area contributed by atoms with E-state index in [2.05, 4.69) is 23.5 Å². The molecular weight excluding hydrogens is 224 g/mol. The summed E-state index contributed by atoms with van der Waals surface area (Å²) in [7, 11) is 0. The minimum Gasteiger partial charge on any atom is -0.354 e. The molecule has 0 atom stereocenters. The molecule has 1 fully saturated rings. The van der Waals surface area contributed by atoms with Crippen molar-refractivity contribution < 1.29 is 4.79 Å². The van der Waals surface area contributed by atoms with Gasteiger partial charge in [0.2, 0.25) is 5.91 Å². The summed E-state index contributed by atoms with van der Waals surface area (Å²) in [5, 5.41) is 2.94. The molecule has 0 aromatic heterocycles. The van der Waals surface area contributed by atoms with Crippen LogP contribution in [0.5, 0.6) is 0 Å². The van der Waals surface area contributed by atoms with E-state index in [1.165, 1.54) is 36.0 Å². The van der Waals surface area contributed by atoms with Crippen LogP contribution in [0, 0.1) is 0 Å². The molecule has 0 heterocycles. The highest BCUT2D eigenvalue weighted by molar-refractivity contribution is 5.88. The van der Waals surface area contributed by atoms with Crippen LogP contribution in [0.1, 0.15) is 36.0 Å². The maximum absolute atomic E-state index is 11.7. The number of carbonyl (C=O) groups is 1. The van der Waals surface area contributed by atoms with Crippen LogP contribution in [0.15, 0.2) is 18.2 Å². The van der Waals surface area contributed by atoms with E-state index in [4.69, 9.17) is 5.73 Å². The molecule has 0 saturated heterocycles. The average Bonchev–Trinajstić information content (AvgIpc) is 2.95. The van der Waals surface area contributed by atoms with Crippen molar-refractivity contribution in [2.45, 2.75) is 44.1 Å². The van der Waals surface area contributed by atoms with Crippen molar-refractivity contribution in [3.8, 4) is 0 Å². The molecule has 3 N–H and O–H groups in total. The van der Waals surface area contributed by atoms with Gasteiger partial charge in [-0.15, -0.1) is 0 Å². The highest BCUT2D eigenvalue weighted by Gasteiger charge is 2.45. The monoisotopic (exact) mass is 244 g/mol. The zero-order valence-electron chi connectivity index (χ0n) is 10.7. The van der Waals surface area contributed by atoms with E-state index >= 15 is 0 Å². The van der Waals surface area contributed by atoms with E-state index in [9.17, 15) is 4.79 Å². The summed E-state index contributed by atoms with van der Waals surface area (Å²) in [4.78, 5) is 11.7. The molecule has 0 unspecified atom stereocenters. The van der Waals surface area contributed by atoms with E-state index in [1.807, 2.05) is 0 Å². The number of fused-ring (bicyclic) bond motifs is 1. The molecular formula is C15H20N2O. The number of hydrogen-bond donors (Lipinski definition) is 2. The molecule has 1 aromatic rings. The van der Waals surface area contributed by atoms with Crippen LogP contribution in [-0.4, -0.2) is 18.0 Å². The second-order valence-electron chi connectivity index (χ2n) is 5.62. The third-order valence-electron chi connectivity index (χ3n) is 4.10. The minimum atomic E-state index is -0.544. The number of nitrogens with two attached hydrogens (primary N) is 1. The Morgan fingerprint density at radius 3 is 2.83 bits per heavy atom. The number of amides is 1. The topological polar surface area (TPSA) is 55.1 Å². The standard InChI is InChI=1S/C15H20N2O/c16-15(7-8-15)14(18)17-9-6-11-4-5-12-2-1-3-13(12)10-11/h4-5,10H,1-3,6-9,16H2,(H,17,18). The first-order valence-corrected chi connectivity index (χ1v) is 6.85. The summed E-state index contributed by atoms with van der Waals surface area (Å²) >= 11 is 0. The van der Waals surface area contributed by atoms with E-state index in [1.54, 1.807) is 0 Å². The predicted molar refractivity (Wildman–Crippen MR) is 71.3 cm³/mol. The quantitative estimate of drug-likeness (QED) is 0.839. The molecule has 0 spiro atoms. The third kappa shape index (κ3) is 2.27. The number of aryl methyl sites for hydroxylation is 2. The molecule has 1 amide bonds. The zero-order chi connectivity index (χ0) is 12.6. The van der Waals surface area contributed by atoms with Crippen molar-refractivity contribution in [2.24, 2.45) is 5.73 Å². The van der Waals surface area contributed by atoms with Gasteiger partial charge < -0.3 is 11.1 Å². The fourth-order valence-corrected chi connectivity index (χ4v) is 2.64. The lowest BCUT2D eigenvalue weighted by molar-refractivity contribution is -0.123. The maximum Gasteiger partial charge on any atom is 0.240 e. The van der Waals surface area contributed by atoms with Gasteiger partial charge in [0.25, 0.3) is 0 Å². The highest BCUT2D eigenvalue weighted by atomic mass is 16.2. The summed E-state index contributed by atoms with van der Waals surface area (Å²) < 4.78 is 0. The molecule has 18 heavy (non-hydrogen) atoms. The van der Waals surface area contributed by atoms with E-state index in [0.717, 1.165) is 19.3 Å². The molecule has 2 aliphatic carbocycles. The van der Waals surface area contributed by atoms with Gasteiger partial charge in [0.1, 0.15) is 0 Å². The predicted octanol–water partition coefficient (Wildman–Crippen LogP) is 1.33. The van der Waals surface area contributed by atoms with Crippen molar-refractivity contribution in [2.75, 3.05) is 6.54 Å². The Morgan fingerprint density at radius 2 is 2.06 bits per heavy atom. The van der Waals surface area contributed by atoms with Gasteiger partial charge in [0, 0.05) is 6.54 Å². The van der Waals surface area contributed by atoms with Gasteiger partial charge in [0.05, 0.1) is 5.54 Å². The molecule has 0 bridgehead atoms. The van der Waals surface area contributed by atoms with E-state index < -0.39 is 5.54 Å². The van der Waals surface area contributed by atoms with Crippen LogP contribution >= 0.6 is 0 Å². The molecule has 2 aliphatic rings. The summed E-state index contributed by atoms with van der Waals surface area (Å²) in [6.45, 7) is 0.691. The first-order valence-electron chi connectivity index (χ1n) is 6.85. The Labute approximate surface area is 108 Å². The Morgan fingerprint density at radius 1 is 1.28 bits per heavy atom. The Bertz CT molecular complexity index is 477. The molecule has 0 radical (unpaired) electrons. The van der Waals surface area contributed by atoms with Gasteiger partial charge in [-0.2, -0.15) is 0 Å². The third-order valence-corrected chi connectivity index (χ3v) is 4.10. The van der Waals surface area contributed by atoms with Gasteiger partial charge in [-0.25, -0.2) is 0 Å². The van der Waals surface area contributed by atoms with Gasteiger partial charge in [0.15, 0.2) is 0 Å². The number of benzene rings is 1. The Hall–Kier alpha value is -1.35. The number of rotatable bonds is 4. The summed E-state index contributed by atoms with van der Waals surface area (Å²) in [6, 6.07) is 6.72. The lowest BCUT2D eigenvalue weighted by Gasteiger charge is -2.10. The second kappa shape index (κ2) is 4.39. The molecule has 3 rings (SSSR count). The van der Waals surface area contributed by atoms with Crippen molar-refractivity contribution >= 4 is 5.91 Å². The Balaban J connectivity index is 1.52. The Kier molecular flexibility index (Phi) is 2.86. The maximum atomic E-state index is 11.7. The lowest BCUT2D eigenvalue weighted by atomic mass is 10.0. The second-order valence-corrected chi connectivity index (χ2v) is 5.62. The molecule has 3 nitrogen and oxygen atoms in total. The van der Waals surface area contributed by atoms with Crippen LogP contribution < -0.4 is 11.1 Å². The molecule has 1 aromatic carbocycles. The van der Waals surface area contributed by atoms with Crippen molar-refractivity contribution in [1.82, 2.24) is 5.32 Å². The van der Waals surface area contributed by atoms with E-state index in [0.29, 0.717) is 6.54 Å². The molecule has 1 saturated carbocycles. The fraction of sp³-hybridized carbons (Fsp3) is 0.533. The van der Waals surface area contributed by atoms with Crippen LogP contribution in [0.4, 0.5) is 0 Å². The van der Waals surface area contributed by atoms with Crippen molar-refractivity contribution in [1.29, 1.82) is 0 Å². The van der Waals surface area contributed by atoms with Crippen molar-refractivity contribution in [3.05, 3.63) is 34.9 Å². The first-order chi connectivity index (χ1) is 8.67. The molecule has 96 valence electrons. The summed E-state index contributed by atoms with van der Waals surface area (Å²) in [6.07, 6.45) is 6.28. The summed E-state index contributed by atoms with van der Waals surface area (Å²) in [5.41, 5.74) is 9.60. The minimum absolute atomic E-state index is 0.0173. The fourth-order valence-electron chi connectivity index (χ4n) is 2.64. The zero-order valence-corrected chi connectivity index (χ0v) is 10.7. The smallest absolute Gasteiger partial charge is 0.240 e. The van der Waals surface area contributed by atoms with Gasteiger partial charge in [-0.3, -0.25) is 4.79 Å². The van der Waals surface area contributed by atoms with Crippen LogP contribution in [0.3, 0.4) is 0 Å². The average molecular weight is 244 g/mol. The molecule has 0 aliphatic heterocycles. The number of carbonyl (C=O) groups excluding carboxylic acids is 1. The molecule has 3 heteroatoms. The van der Waals surface area contributed by atoms with Gasteiger partial charge in [-0.05, 0) is 55.2 Å². The van der Waals surface area contributed by atoms with Crippen LogP contribution in [0.2, 0.25) is 0 Å².